The van der Waals surface area contributed by atoms with Crippen molar-refractivity contribution in [3.8, 4) is 0 Å². The molecular weight excluding hydrogens is 304 g/mol. The summed E-state index contributed by atoms with van der Waals surface area (Å²) >= 11 is 3.00. The molecule has 0 atom stereocenters. The lowest BCUT2D eigenvalue weighted by atomic mass is 9.99. The van der Waals surface area contributed by atoms with E-state index in [0.29, 0.717) is 5.33 Å². The molecule has 0 N–H and O–H groups in total. The first-order chi connectivity index (χ1) is 7.97. The van der Waals surface area contributed by atoms with Gasteiger partial charge in [0.05, 0.1) is 0 Å². The summed E-state index contributed by atoms with van der Waals surface area (Å²) < 4.78 is 50.1. The fourth-order valence-electron chi connectivity index (χ4n) is 1.36. The lowest BCUT2D eigenvalue weighted by Gasteiger charge is -2.09. The van der Waals surface area contributed by atoms with Gasteiger partial charge in [-0.15, -0.1) is 0 Å². The monoisotopic (exact) mass is 312 g/mol. The summed E-state index contributed by atoms with van der Waals surface area (Å²) in [5.74, 6) is -0.570. The number of carbonyl (C=O) groups excluding carboxylic acids is 1. The number of benzene rings is 1. The summed E-state index contributed by atoms with van der Waals surface area (Å²) in [5.41, 5.74) is -1.25. The van der Waals surface area contributed by atoms with Crippen molar-refractivity contribution in [2.24, 2.45) is 0 Å². The van der Waals surface area contributed by atoms with Crippen LogP contribution in [0.2, 0.25) is 0 Å². The first-order valence-corrected chi connectivity index (χ1v) is 5.88. The Morgan fingerprint density at radius 3 is 2.29 bits per heavy atom. The average molecular weight is 313 g/mol. The fraction of sp³-hybridized carbons (Fsp3) is 0.364. The van der Waals surface area contributed by atoms with Crippen LogP contribution in [0.5, 0.6) is 0 Å². The summed E-state index contributed by atoms with van der Waals surface area (Å²) in [6.45, 7) is 0. The zero-order valence-electron chi connectivity index (χ0n) is 8.60. The van der Waals surface area contributed by atoms with Gasteiger partial charge < -0.3 is 0 Å². The maximum absolute atomic E-state index is 12.6. The standard InChI is InChI=1S/C11H9BrF4O/c12-4-3-9(17)8-5-6(10(13)14)1-2-7(8)11(15)16/h1-2,5,10-11H,3-4H2. The average Bonchev–Trinajstić information content (AvgIpc) is 2.28. The van der Waals surface area contributed by atoms with E-state index in [9.17, 15) is 22.4 Å². The molecule has 0 radical (unpaired) electrons. The zero-order chi connectivity index (χ0) is 13.0. The largest absolute Gasteiger partial charge is 0.294 e. The molecular formula is C11H9BrF4O. The summed E-state index contributed by atoms with van der Waals surface area (Å²) in [7, 11) is 0. The van der Waals surface area contributed by atoms with Gasteiger partial charge in [0.1, 0.15) is 0 Å². The van der Waals surface area contributed by atoms with Crippen molar-refractivity contribution < 1.29 is 22.4 Å². The van der Waals surface area contributed by atoms with E-state index < -0.39 is 29.8 Å². The lowest BCUT2D eigenvalue weighted by Crippen LogP contribution is -2.06. The van der Waals surface area contributed by atoms with E-state index in [4.69, 9.17) is 0 Å². The van der Waals surface area contributed by atoms with Crippen molar-refractivity contribution in [3.05, 3.63) is 34.9 Å². The molecule has 1 rings (SSSR count). The predicted molar refractivity (Wildman–Crippen MR) is 59.1 cm³/mol. The number of ketones is 1. The van der Waals surface area contributed by atoms with Crippen LogP contribution >= 0.6 is 15.9 Å². The minimum Gasteiger partial charge on any atom is -0.294 e. The quantitative estimate of drug-likeness (QED) is 0.443. The Hall–Kier alpha value is -0.910. The van der Waals surface area contributed by atoms with E-state index in [0.717, 1.165) is 18.2 Å². The van der Waals surface area contributed by atoms with E-state index in [-0.39, 0.29) is 12.0 Å². The van der Waals surface area contributed by atoms with Crippen LogP contribution in [0.4, 0.5) is 17.6 Å². The molecule has 1 aromatic carbocycles. The lowest BCUT2D eigenvalue weighted by molar-refractivity contribution is 0.0975. The van der Waals surface area contributed by atoms with Crippen LogP contribution in [0, 0.1) is 0 Å². The maximum atomic E-state index is 12.6. The molecule has 0 aliphatic rings. The van der Waals surface area contributed by atoms with Crippen LogP contribution in [0.15, 0.2) is 18.2 Å². The fourth-order valence-corrected chi connectivity index (χ4v) is 1.72. The molecule has 17 heavy (non-hydrogen) atoms. The third kappa shape index (κ3) is 3.52. The van der Waals surface area contributed by atoms with Gasteiger partial charge in [0.15, 0.2) is 5.78 Å². The predicted octanol–water partition coefficient (Wildman–Crippen LogP) is 4.53. The van der Waals surface area contributed by atoms with Crippen molar-refractivity contribution in [1.82, 2.24) is 0 Å². The van der Waals surface area contributed by atoms with Crippen molar-refractivity contribution >= 4 is 21.7 Å². The van der Waals surface area contributed by atoms with Crippen molar-refractivity contribution in [3.63, 3.8) is 0 Å². The highest BCUT2D eigenvalue weighted by Crippen LogP contribution is 2.28. The molecule has 6 heteroatoms. The molecule has 0 spiro atoms. The zero-order valence-corrected chi connectivity index (χ0v) is 10.2. The highest BCUT2D eigenvalue weighted by Gasteiger charge is 2.20. The van der Waals surface area contributed by atoms with Gasteiger partial charge in [0, 0.05) is 28.4 Å². The molecule has 0 bridgehead atoms. The molecule has 0 aliphatic carbocycles. The molecule has 0 fully saturated rings. The van der Waals surface area contributed by atoms with E-state index >= 15 is 0 Å². The number of hydrogen-bond acceptors (Lipinski definition) is 1. The molecule has 0 aromatic heterocycles. The Morgan fingerprint density at radius 1 is 1.18 bits per heavy atom. The molecule has 0 aliphatic heterocycles. The number of hydrogen-bond donors (Lipinski definition) is 0. The van der Waals surface area contributed by atoms with Crippen LogP contribution in [-0.2, 0) is 0 Å². The van der Waals surface area contributed by atoms with Gasteiger partial charge in [0.2, 0.25) is 0 Å². The maximum Gasteiger partial charge on any atom is 0.264 e. The molecule has 0 saturated heterocycles. The van der Waals surface area contributed by atoms with Crippen molar-refractivity contribution in [1.29, 1.82) is 0 Å². The van der Waals surface area contributed by atoms with Gasteiger partial charge >= 0.3 is 0 Å². The molecule has 0 amide bonds. The molecule has 1 aromatic rings. The second-order valence-corrected chi connectivity index (χ2v) is 4.10. The molecule has 0 unspecified atom stereocenters. The Morgan fingerprint density at radius 2 is 1.82 bits per heavy atom. The first-order valence-electron chi connectivity index (χ1n) is 4.76. The molecule has 0 heterocycles. The Bertz CT molecular complexity index is 406. The van der Waals surface area contributed by atoms with E-state index in [1.807, 2.05) is 0 Å². The van der Waals surface area contributed by atoms with Crippen LogP contribution in [0.25, 0.3) is 0 Å². The Kier molecular flexibility index (Phi) is 5.11. The second-order valence-electron chi connectivity index (χ2n) is 3.31. The SMILES string of the molecule is O=C(CCBr)c1cc(C(F)F)ccc1C(F)F. The van der Waals surface area contributed by atoms with Gasteiger partial charge in [-0.2, -0.15) is 0 Å². The van der Waals surface area contributed by atoms with Crippen LogP contribution in [0.3, 0.4) is 0 Å². The Balaban J connectivity index is 3.20. The Labute approximate surface area is 104 Å². The highest BCUT2D eigenvalue weighted by atomic mass is 79.9. The van der Waals surface area contributed by atoms with Gasteiger partial charge in [-0.3, -0.25) is 4.79 Å². The minimum atomic E-state index is -2.85. The molecule has 0 saturated carbocycles. The van der Waals surface area contributed by atoms with Gasteiger partial charge in [-0.1, -0.05) is 28.1 Å². The number of halogens is 5. The third-order valence-electron chi connectivity index (χ3n) is 2.19. The second kappa shape index (κ2) is 6.14. The van der Waals surface area contributed by atoms with E-state index in [1.54, 1.807) is 0 Å². The van der Waals surface area contributed by atoms with Gasteiger partial charge in [-0.25, -0.2) is 17.6 Å². The smallest absolute Gasteiger partial charge is 0.264 e. The van der Waals surface area contributed by atoms with Crippen molar-refractivity contribution in [2.45, 2.75) is 19.3 Å². The summed E-state index contributed by atoms with van der Waals surface area (Å²) in [6.07, 6.45) is -5.64. The summed E-state index contributed by atoms with van der Waals surface area (Å²) in [4.78, 5) is 11.5. The van der Waals surface area contributed by atoms with Crippen molar-refractivity contribution in [2.75, 3.05) is 5.33 Å². The van der Waals surface area contributed by atoms with Crippen LogP contribution < -0.4 is 0 Å². The number of alkyl halides is 5. The normalized spacial score (nSPS) is 11.2. The number of carbonyl (C=O) groups is 1. The molecule has 1 nitrogen and oxygen atoms in total. The summed E-state index contributed by atoms with van der Waals surface area (Å²) in [5, 5.41) is 0.299. The van der Waals surface area contributed by atoms with E-state index in [1.165, 1.54) is 0 Å². The minimum absolute atomic E-state index is 0.00753. The summed E-state index contributed by atoms with van der Waals surface area (Å²) in [6, 6.07) is 2.64. The van der Waals surface area contributed by atoms with Crippen LogP contribution in [0.1, 0.15) is 40.8 Å². The number of Topliss-reactive ketones (excluding diaryl/α,β-unsaturated/α-hetero) is 1. The first kappa shape index (κ1) is 14.2. The molecule has 94 valence electrons. The van der Waals surface area contributed by atoms with E-state index in [2.05, 4.69) is 15.9 Å². The van der Waals surface area contributed by atoms with Gasteiger partial charge in [-0.05, 0) is 6.07 Å². The highest BCUT2D eigenvalue weighted by molar-refractivity contribution is 9.09. The van der Waals surface area contributed by atoms with Gasteiger partial charge in [0.25, 0.3) is 12.9 Å². The van der Waals surface area contributed by atoms with Crippen LogP contribution in [-0.4, -0.2) is 11.1 Å². The topological polar surface area (TPSA) is 17.1 Å². The number of rotatable bonds is 5. The third-order valence-corrected chi connectivity index (χ3v) is 2.58.